The van der Waals surface area contributed by atoms with E-state index in [0.717, 1.165) is 11.1 Å². The smallest absolute Gasteiger partial charge is 0.349 e. The van der Waals surface area contributed by atoms with E-state index in [1.165, 1.54) is 11.0 Å². The van der Waals surface area contributed by atoms with E-state index in [9.17, 15) is 4.79 Å². The molecular weight excluding hydrogens is 332 g/mol. The van der Waals surface area contributed by atoms with Gasteiger partial charge in [-0.15, -0.1) is 5.10 Å². The van der Waals surface area contributed by atoms with Gasteiger partial charge in [0.1, 0.15) is 17.8 Å². The molecule has 0 amide bonds. The zero-order valence-corrected chi connectivity index (χ0v) is 14.9. The van der Waals surface area contributed by atoms with Gasteiger partial charge in [0.15, 0.2) is 6.61 Å². The molecule has 134 valence electrons. The summed E-state index contributed by atoms with van der Waals surface area (Å²) in [6.45, 7) is 5.98. The zero-order valence-electron chi connectivity index (χ0n) is 14.9. The molecule has 1 heterocycles. The van der Waals surface area contributed by atoms with Crippen molar-refractivity contribution in [1.29, 1.82) is 0 Å². The summed E-state index contributed by atoms with van der Waals surface area (Å²) in [7, 11) is 0. The minimum atomic E-state index is -0.477. The first-order valence-corrected chi connectivity index (χ1v) is 8.30. The first-order valence-electron chi connectivity index (χ1n) is 8.30. The minimum Gasteiger partial charge on any atom is -0.482 e. The Labute approximate surface area is 151 Å². The van der Waals surface area contributed by atoms with E-state index >= 15 is 0 Å². The van der Waals surface area contributed by atoms with E-state index < -0.39 is 5.97 Å². The lowest BCUT2D eigenvalue weighted by atomic mass is 10.0. The highest BCUT2D eigenvalue weighted by Gasteiger charge is 2.12. The first-order chi connectivity index (χ1) is 12.5. The molecule has 0 unspecified atom stereocenters. The van der Waals surface area contributed by atoms with Crippen LogP contribution in [0, 0.1) is 6.92 Å². The van der Waals surface area contributed by atoms with E-state index in [1.54, 1.807) is 18.2 Å². The molecule has 3 rings (SSSR count). The molecule has 26 heavy (non-hydrogen) atoms. The number of hydrogen-bond acceptors (Lipinski definition) is 6. The van der Waals surface area contributed by atoms with Crippen molar-refractivity contribution >= 4 is 5.97 Å². The van der Waals surface area contributed by atoms with Crippen LogP contribution >= 0.6 is 0 Å². The number of carbonyl (C=O) groups excluding carboxylic acids is 1. The fourth-order valence-corrected chi connectivity index (χ4v) is 2.51. The summed E-state index contributed by atoms with van der Waals surface area (Å²) < 4.78 is 12.5. The van der Waals surface area contributed by atoms with Crippen LogP contribution in [0.5, 0.6) is 11.5 Å². The molecule has 7 heteroatoms. The maximum Gasteiger partial charge on any atom is 0.349 e. The molecular formula is C19H20N4O3. The van der Waals surface area contributed by atoms with Crippen LogP contribution in [0.2, 0.25) is 0 Å². The summed E-state index contributed by atoms with van der Waals surface area (Å²) in [6, 6.07) is 12.9. The molecule has 3 aromatic rings. The summed E-state index contributed by atoms with van der Waals surface area (Å²) >= 11 is 0. The van der Waals surface area contributed by atoms with Gasteiger partial charge in [0, 0.05) is 6.07 Å². The average molecular weight is 352 g/mol. The molecule has 0 N–H and O–H groups in total. The van der Waals surface area contributed by atoms with Gasteiger partial charge in [-0.1, -0.05) is 32.0 Å². The van der Waals surface area contributed by atoms with E-state index in [4.69, 9.17) is 9.47 Å². The predicted molar refractivity (Wildman–Crippen MR) is 95.6 cm³/mol. The van der Waals surface area contributed by atoms with Gasteiger partial charge >= 0.3 is 5.97 Å². The Kier molecular flexibility index (Phi) is 5.26. The van der Waals surface area contributed by atoms with Crippen molar-refractivity contribution in [1.82, 2.24) is 20.2 Å². The third-order valence-electron chi connectivity index (χ3n) is 3.80. The van der Waals surface area contributed by atoms with Gasteiger partial charge < -0.3 is 9.47 Å². The van der Waals surface area contributed by atoms with Crippen molar-refractivity contribution in [3.05, 3.63) is 59.9 Å². The number of esters is 1. The molecule has 7 nitrogen and oxygen atoms in total. The molecule has 0 aliphatic carbocycles. The van der Waals surface area contributed by atoms with Crippen LogP contribution in [-0.2, 0) is 4.79 Å². The molecule has 2 aromatic carbocycles. The van der Waals surface area contributed by atoms with Crippen molar-refractivity contribution in [3.63, 3.8) is 0 Å². The largest absolute Gasteiger partial charge is 0.482 e. The van der Waals surface area contributed by atoms with Crippen molar-refractivity contribution in [2.24, 2.45) is 0 Å². The molecule has 0 radical (unpaired) electrons. The second kappa shape index (κ2) is 7.77. The van der Waals surface area contributed by atoms with Crippen molar-refractivity contribution in [2.75, 3.05) is 6.61 Å². The lowest BCUT2D eigenvalue weighted by Crippen LogP contribution is -2.18. The summed E-state index contributed by atoms with van der Waals surface area (Å²) in [5.74, 6) is 0.934. The van der Waals surface area contributed by atoms with Crippen LogP contribution in [0.4, 0.5) is 0 Å². The van der Waals surface area contributed by atoms with Crippen molar-refractivity contribution in [2.45, 2.75) is 26.7 Å². The van der Waals surface area contributed by atoms with Crippen LogP contribution in [0.15, 0.2) is 48.8 Å². The number of aryl methyl sites for hydroxylation is 1. The molecule has 0 aliphatic rings. The van der Waals surface area contributed by atoms with E-state index in [-0.39, 0.29) is 6.61 Å². The van der Waals surface area contributed by atoms with Gasteiger partial charge in [0.25, 0.3) is 0 Å². The van der Waals surface area contributed by atoms with Crippen molar-refractivity contribution in [3.8, 4) is 17.2 Å². The molecule has 0 fully saturated rings. The molecule has 0 saturated heterocycles. The second-order valence-corrected chi connectivity index (χ2v) is 6.21. The Morgan fingerprint density at radius 3 is 2.77 bits per heavy atom. The highest BCUT2D eigenvalue weighted by molar-refractivity contribution is 5.74. The van der Waals surface area contributed by atoms with E-state index in [1.807, 2.05) is 31.2 Å². The predicted octanol–water partition coefficient (Wildman–Crippen LogP) is 3.08. The summed E-state index contributed by atoms with van der Waals surface area (Å²) in [4.78, 5) is 12.2. The van der Waals surface area contributed by atoms with Crippen molar-refractivity contribution < 1.29 is 14.3 Å². The highest BCUT2D eigenvalue weighted by atomic mass is 16.6. The van der Waals surface area contributed by atoms with Crippen LogP contribution in [0.1, 0.15) is 30.9 Å². The number of benzene rings is 2. The maximum atomic E-state index is 12.2. The van der Waals surface area contributed by atoms with Gasteiger partial charge in [0.05, 0.1) is 5.69 Å². The monoisotopic (exact) mass is 352 g/mol. The number of carbonyl (C=O) groups is 1. The number of ether oxygens (including phenoxy) is 2. The fourth-order valence-electron chi connectivity index (χ4n) is 2.51. The van der Waals surface area contributed by atoms with E-state index in [0.29, 0.717) is 23.1 Å². The van der Waals surface area contributed by atoms with Gasteiger partial charge in [-0.3, -0.25) is 0 Å². The number of nitrogens with zero attached hydrogens (tertiary/aromatic N) is 4. The van der Waals surface area contributed by atoms with Gasteiger partial charge in [-0.25, -0.2) is 9.48 Å². The number of hydrogen-bond donors (Lipinski definition) is 0. The summed E-state index contributed by atoms with van der Waals surface area (Å²) in [6.07, 6.45) is 1.47. The molecule has 1 aromatic heterocycles. The first kappa shape index (κ1) is 17.6. The van der Waals surface area contributed by atoms with Crippen LogP contribution in [0.25, 0.3) is 5.69 Å². The lowest BCUT2D eigenvalue weighted by molar-refractivity contribution is -0.136. The number of rotatable bonds is 6. The Hall–Kier alpha value is -3.22. The zero-order chi connectivity index (χ0) is 18.5. The Bertz CT molecular complexity index is 892. The molecule has 0 bridgehead atoms. The normalized spacial score (nSPS) is 10.8. The van der Waals surface area contributed by atoms with Crippen LogP contribution in [0.3, 0.4) is 0 Å². The fraction of sp³-hybridized carbons (Fsp3) is 0.263. The highest BCUT2D eigenvalue weighted by Crippen LogP contribution is 2.27. The molecule has 0 spiro atoms. The molecule has 0 saturated carbocycles. The van der Waals surface area contributed by atoms with Crippen LogP contribution < -0.4 is 9.47 Å². The van der Waals surface area contributed by atoms with E-state index in [2.05, 4.69) is 29.4 Å². The Morgan fingerprint density at radius 2 is 2.04 bits per heavy atom. The quantitative estimate of drug-likeness (QED) is 0.501. The topological polar surface area (TPSA) is 79.1 Å². The summed E-state index contributed by atoms with van der Waals surface area (Å²) in [5.41, 5.74) is 2.83. The van der Waals surface area contributed by atoms with Gasteiger partial charge in [0.2, 0.25) is 0 Å². The minimum absolute atomic E-state index is 0.168. The number of aromatic nitrogens is 4. The van der Waals surface area contributed by atoms with Gasteiger partial charge in [-0.2, -0.15) is 0 Å². The third kappa shape index (κ3) is 4.24. The summed E-state index contributed by atoms with van der Waals surface area (Å²) in [5, 5.41) is 11.0. The molecule has 0 atom stereocenters. The third-order valence-corrected chi connectivity index (χ3v) is 3.80. The lowest BCUT2D eigenvalue weighted by Gasteiger charge is -2.14. The number of tetrazole rings is 1. The standard InChI is InChI=1S/C19H20N4O3/c1-13(2)17-8-7-14(3)9-18(17)25-11-19(24)26-16-6-4-5-15(10-16)23-12-20-21-22-23/h4-10,12-13H,11H2,1-3H3. The van der Waals surface area contributed by atoms with Gasteiger partial charge in [-0.05, 0) is 52.6 Å². The van der Waals surface area contributed by atoms with Crippen LogP contribution in [-0.4, -0.2) is 32.8 Å². The SMILES string of the molecule is Cc1ccc(C(C)C)c(OCC(=O)Oc2cccc(-n3cnnn3)c2)c1. The Morgan fingerprint density at radius 1 is 1.19 bits per heavy atom. The second-order valence-electron chi connectivity index (χ2n) is 6.21. The maximum absolute atomic E-state index is 12.2. The Balaban J connectivity index is 1.65. The molecule has 0 aliphatic heterocycles. The average Bonchev–Trinajstić information content (AvgIpc) is 3.15.